The maximum atomic E-state index is 14.4. The molecule has 3 heterocycles. The molecule has 1 spiro atoms. The normalized spacial score (nSPS) is 46.7. The maximum Gasteiger partial charge on any atom is 0.229 e. The quantitative estimate of drug-likeness (QED) is 0.284. The van der Waals surface area contributed by atoms with Crippen LogP contribution in [-0.2, 0) is 19.1 Å². The Hall–Kier alpha value is -1.55. The number of fused-ring (bicyclic) bond motifs is 7. The number of ketones is 1. The fourth-order valence-corrected chi connectivity index (χ4v) is 12.4. The average Bonchev–Trinajstić information content (AvgIpc) is 3.49. The van der Waals surface area contributed by atoms with Gasteiger partial charge < -0.3 is 25.2 Å². The molecule has 9 nitrogen and oxygen atoms in total. The van der Waals surface area contributed by atoms with Gasteiger partial charge in [0.1, 0.15) is 17.9 Å². The van der Waals surface area contributed by atoms with Gasteiger partial charge in [0.15, 0.2) is 0 Å². The van der Waals surface area contributed by atoms with Crippen molar-refractivity contribution >= 4 is 17.6 Å². The van der Waals surface area contributed by atoms with Gasteiger partial charge in [-0.05, 0) is 106 Å². The largest absolute Gasteiger partial charge is 0.357 e. The van der Waals surface area contributed by atoms with Gasteiger partial charge in [-0.3, -0.25) is 19.7 Å². The van der Waals surface area contributed by atoms with E-state index in [2.05, 4.69) is 60.5 Å². The van der Waals surface area contributed by atoms with Gasteiger partial charge in [0.05, 0.1) is 6.10 Å². The first-order valence-corrected chi connectivity index (χ1v) is 19.4. The van der Waals surface area contributed by atoms with Crippen LogP contribution in [0.15, 0.2) is 0 Å². The monoisotopic (exact) mass is 653 g/mol. The number of nitrogens with one attached hydrogen (secondary N) is 3. The molecule has 0 aromatic rings. The molecule has 12 atom stereocenters. The molecule has 3 aliphatic heterocycles. The third-order valence-electron chi connectivity index (χ3n) is 15.3. The van der Waals surface area contributed by atoms with Crippen LogP contribution in [0.3, 0.4) is 0 Å². The third-order valence-corrected chi connectivity index (χ3v) is 15.3. The molecule has 7 fully saturated rings. The summed E-state index contributed by atoms with van der Waals surface area (Å²) >= 11 is 0. The van der Waals surface area contributed by atoms with Crippen LogP contribution in [0.25, 0.3) is 0 Å². The van der Waals surface area contributed by atoms with Crippen molar-refractivity contribution < 1.29 is 19.1 Å². The maximum absolute atomic E-state index is 14.4. The summed E-state index contributed by atoms with van der Waals surface area (Å²) in [6.45, 7) is 16.5. The summed E-state index contributed by atoms with van der Waals surface area (Å²) in [7, 11) is 2.16. The minimum Gasteiger partial charge on any atom is -0.357 e. The first-order chi connectivity index (χ1) is 22.4. The van der Waals surface area contributed by atoms with Crippen molar-refractivity contribution in [3.05, 3.63) is 0 Å². The lowest BCUT2D eigenvalue weighted by molar-refractivity contribution is -0.160. The number of likely N-dealkylation sites (N-methyl/N-ethyl adjacent to an activating group) is 1. The van der Waals surface area contributed by atoms with Crippen LogP contribution in [0.5, 0.6) is 0 Å². The number of ether oxygens (including phenoxy) is 1. The lowest BCUT2D eigenvalue weighted by Gasteiger charge is -2.60. The van der Waals surface area contributed by atoms with Crippen LogP contribution < -0.4 is 16.0 Å². The topological polar surface area (TPSA) is 103 Å². The smallest absolute Gasteiger partial charge is 0.229 e. The fraction of sp³-hybridized carbons (Fsp3) is 0.921. The molecule has 9 heteroatoms. The molecular formula is C38H63N5O4. The molecule has 264 valence electrons. The van der Waals surface area contributed by atoms with Crippen molar-refractivity contribution in [3.8, 4) is 0 Å². The highest BCUT2D eigenvalue weighted by molar-refractivity contribution is 5.97. The van der Waals surface area contributed by atoms with Crippen LogP contribution in [0.1, 0.15) is 98.3 Å². The van der Waals surface area contributed by atoms with E-state index in [0.717, 1.165) is 77.8 Å². The Balaban J connectivity index is 0.908. The van der Waals surface area contributed by atoms with Crippen molar-refractivity contribution in [2.75, 3.05) is 52.9 Å². The van der Waals surface area contributed by atoms with Gasteiger partial charge in [0, 0.05) is 69.0 Å². The van der Waals surface area contributed by atoms with Gasteiger partial charge in [-0.15, -0.1) is 0 Å². The van der Waals surface area contributed by atoms with Crippen LogP contribution in [0.2, 0.25) is 0 Å². The Labute approximate surface area is 283 Å². The fourth-order valence-electron chi connectivity index (χ4n) is 12.4. The second-order valence-electron chi connectivity index (χ2n) is 17.8. The number of hydrogen-bond acceptors (Lipinski definition) is 7. The number of carbonyl (C=O) groups excluding carboxylic acids is 3. The van der Waals surface area contributed by atoms with Crippen molar-refractivity contribution in [3.63, 3.8) is 0 Å². The van der Waals surface area contributed by atoms with Crippen molar-refractivity contribution in [2.45, 2.75) is 116 Å². The van der Waals surface area contributed by atoms with E-state index < -0.39 is 0 Å². The van der Waals surface area contributed by atoms with E-state index in [9.17, 15) is 14.4 Å². The lowest BCUT2D eigenvalue weighted by atomic mass is 9.44. The van der Waals surface area contributed by atoms with Crippen LogP contribution in [-0.4, -0.2) is 98.1 Å². The number of carbonyl (C=O) groups is 3. The number of piperidine rings is 1. The molecule has 7 rings (SSSR count). The van der Waals surface area contributed by atoms with Crippen molar-refractivity contribution in [1.29, 1.82) is 0 Å². The summed E-state index contributed by atoms with van der Waals surface area (Å²) in [6, 6.07) is 0.119. The zero-order chi connectivity index (χ0) is 33.1. The minimum absolute atomic E-state index is 0.0922. The Kier molecular flexibility index (Phi) is 9.36. The number of Topliss-reactive ketones (excluding diaryl/α,β-unsaturated/α-hetero) is 1. The molecule has 47 heavy (non-hydrogen) atoms. The highest BCUT2D eigenvalue weighted by Gasteiger charge is 2.71. The Bertz CT molecular complexity index is 1200. The minimum atomic E-state index is -0.279. The molecule has 3 saturated heterocycles. The van der Waals surface area contributed by atoms with Gasteiger partial charge in [0.25, 0.3) is 0 Å². The first-order valence-electron chi connectivity index (χ1n) is 19.4. The molecule has 0 bridgehead atoms. The summed E-state index contributed by atoms with van der Waals surface area (Å²) in [5, 5.41) is 10.0. The van der Waals surface area contributed by atoms with E-state index in [1.807, 2.05) is 0 Å². The molecule has 3 N–H and O–H groups in total. The van der Waals surface area contributed by atoms with Gasteiger partial charge in [-0.25, -0.2) is 0 Å². The summed E-state index contributed by atoms with van der Waals surface area (Å²) in [5.41, 5.74) is -0.390. The van der Waals surface area contributed by atoms with E-state index in [0.29, 0.717) is 60.2 Å². The Morgan fingerprint density at radius 3 is 2.51 bits per heavy atom. The number of rotatable bonds is 7. The zero-order valence-electron chi connectivity index (χ0n) is 30.0. The Morgan fingerprint density at radius 2 is 1.77 bits per heavy atom. The van der Waals surface area contributed by atoms with Crippen LogP contribution in [0, 0.1) is 52.3 Å². The zero-order valence-corrected chi connectivity index (χ0v) is 30.0. The van der Waals surface area contributed by atoms with E-state index in [-0.39, 0.29) is 46.9 Å². The van der Waals surface area contributed by atoms with Gasteiger partial charge in [-0.2, -0.15) is 0 Å². The van der Waals surface area contributed by atoms with E-state index >= 15 is 0 Å². The number of nitrogens with zero attached hydrogens (tertiary/aromatic N) is 2. The molecule has 2 amide bonds. The van der Waals surface area contributed by atoms with Crippen molar-refractivity contribution in [2.24, 2.45) is 52.3 Å². The molecule has 7 aliphatic rings. The Morgan fingerprint density at radius 1 is 0.979 bits per heavy atom. The molecule has 4 aliphatic carbocycles. The molecule has 1 unspecified atom stereocenters. The van der Waals surface area contributed by atoms with E-state index in [1.165, 1.54) is 19.3 Å². The SMILES string of the molecule is C[C@@H]1CC[C@@]2(NC1)O[C@H]1C[C@H]3C4CC[C@H]5C[C@@H](NC(=O)CC(=O)NCCCN6CCN(C)CC6)CC[C@]5(C)[C@H]4CC(=O)[C@]3(C)[C@H]1[C@@H]2C. The number of amides is 2. The van der Waals surface area contributed by atoms with Gasteiger partial charge in [-0.1, -0.05) is 27.7 Å². The molecule has 0 aromatic carbocycles. The lowest BCUT2D eigenvalue weighted by Crippen LogP contribution is -2.60. The average molecular weight is 654 g/mol. The number of hydrogen-bond donors (Lipinski definition) is 3. The summed E-state index contributed by atoms with van der Waals surface area (Å²) in [4.78, 5) is 44.6. The second kappa shape index (κ2) is 13.0. The predicted molar refractivity (Wildman–Crippen MR) is 182 cm³/mol. The highest BCUT2D eigenvalue weighted by atomic mass is 16.5. The van der Waals surface area contributed by atoms with E-state index in [4.69, 9.17) is 4.74 Å². The van der Waals surface area contributed by atoms with Crippen LogP contribution >= 0.6 is 0 Å². The third kappa shape index (κ3) is 6.01. The molecular weight excluding hydrogens is 590 g/mol. The standard InChI is InChI=1S/C38H63N5O4/c1-24-9-12-38(40-23-24)25(2)35-31(47-38)20-30-28-8-7-26-19-27(10-11-36(26,3)29(28)21-32(44)37(30,35)4)41-34(46)22-33(45)39-13-6-14-43-17-15-42(5)16-18-43/h24-31,35,40H,6-23H2,1-5H3,(H,39,45)(H,41,46)/t24-,25+,26+,27+,28?,29+,30+,31+,35+,36+,37-,38-/m1/s1. The van der Waals surface area contributed by atoms with Crippen LogP contribution in [0.4, 0.5) is 0 Å². The molecule has 0 radical (unpaired) electrons. The van der Waals surface area contributed by atoms with Gasteiger partial charge >= 0.3 is 0 Å². The molecule has 4 saturated carbocycles. The van der Waals surface area contributed by atoms with Crippen molar-refractivity contribution in [1.82, 2.24) is 25.8 Å². The summed E-state index contributed by atoms with van der Waals surface area (Å²) < 4.78 is 6.99. The predicted octanol–water partition coefficient (Wildman–Crippen LogP) is 3.81. The molecule has 0 aromatic heterocycles. The number of piperazine rings is 1. The summed E-state index contributed by atoms with van der Waals surface area (Å²) in [6.07, 6.45) is 10.3. The highest BCUT2D eigenvalue weighted by Crippen LogP contribution is 2.70. The second-order valence-corrected chi connectivity index (χ2v) is 17.8. The van der Waals surface area contributed by atoms with E-state index in [1.54, 1.807) is 0 Å². The van der Waals surface area contributed by atoms with Gasteiger partial charge in [0.2, 0.25) is 11.8 Å². The first kappa shape index (κ1) is 33.9. The summed E-state index contributed by atoms with van der Waals surface area (Å²) in [5.74, 6) is 3.46.